The highest BCUT2D eigenvalue weighted by atomic mass is 16.5. The van der Waals surface area contributed by atoms with Gasteiger partial charge in [0.15, 0.2) is 0 Å². The van der Waals surface area contributed by atoms with Crippen LogP contribution < -0.4 is 11.1 Å². The average molecular weight is 530 g/mol. The molecule has 5 rings (SSSR count). The zero-order chi connectivity index (χ0) is 28.1. The van der Waals surface area contributed by atoms with Crippen LogP contribution in [0, 0.1) is 11.3 Å². The summed E-state index contributed by atoms with van der Waals surface area (Å²) < 4.78 is 5.68. The zero-order valence-electron chi connectivity index (χ0n) is 22.4. The number of esters is 1. The van der Waals surface area contributed by atoms with Gasteiger partial charge in [-0.3, -0.25) is 9.59 Å². The number of nitrogens with zero attached hydrogens (tertiary/aromatic N) is 1. The summed E-state index contributed by atoms with van der Waals surface area (Å²) in [6.07, 6.45) is 1.74. The predicted octanol–water partition coefficient (Wildman–Crippen LogP) is 5.65. The van der Waals surface area contributed by atoms with Crippen LogP contribution in [0.2, 0.25) is 0 Å². The molecule has 1 aliphatic rings. The molecule has 0 fully saturated rings. The Morgan fingerprint density at radius 2 is 1.60 bits per heavy atom. The second-order valence-electron chi connectivity index (χ2n) is 10.5. The number of ether oxygens (including phenoxy) is 1. The topological polar surface area (TPSA) is 105 Å². The third-order valence-corrected chi connectivity index (χ3v) is 7.24. The molecule has 0 aromatic heterocycles. The van der Waals surface area contributed by atoms with E-state index in [1.807, 2.05) is 66.7 Å². The second kappa shape index (κ2) is 11.6. The number of aryl methyl sites for hydroxylation is 1. The molecule has 0 saturated heterocycles. The number of rotatable bonds is 2. The van der Waals surface area contributed by atoms with Crippen LogP contribution in [0.5, 0.6) is 0 Å². The van der Waals surface area contributed by atoms with Crippen molar-refractivity contribution in [1.29, 1.82) is 5.26 Å². The van der Waals surface area contributed by atoms with Crippen LogP contribution in [0.15, 0.2) is 97.1 Å². The molecule has 0 unspecified atom stereocenters. The van der Waals surface area contributed by atoms with Gasteiger partial charge in [-0.05, 0) is 77.4 Å². The molecule has 0 saturated carbocycles. The summed E-state index contributed by atoms with van der Waals surface area (Å²) in [6, 6.07) is 32.5. The van der Waals surface area contributed by atoms with E-state index < -0.39 is 11.5 Å². The molecule has 0 radical (unpaired) electrons. The van der Waals surface area contributed by atoms with Crippen LogP contribution in [0.3, 0.4) is 0 Å². The normalized spacial score (nSPS) is 19.7. The summed E-state index contributed by atoms with van der Waals surface area (Å²) in [6.45, 7) is 1.62. The number of benzene rings is 4. The molecule has 2 atom stereocenters. The molecule has 200 valence electrons. The standard InChI is InChI=1S/C34H31N3O3/c1-34(36)20-24-9-7-8-23(16-24)14-15-31(26-10-3-2-4-11-26)37-32(38)29-18-25(22-40-33(34)39)17-28(19-29)30-13-6-5-12-27(30)21-35/h2-13,16-19,31H,14-15,20,22,36H2,1H3,(H,37,38)/t31-,34-/m1/s1. The van der Waals surface area contributed by atoms with Crippen molar-refractivity contribution in [3.63, 3.8) is 0 Å². The van der Waals surface area contributed by atoms with E-state index in [4.69, 9.17) is 10.5 Å². The Morgan fingerprint density at radius 3 is 2.40 bits per heavy atom. The number of carbonyl (C=O) groups excluding carboxylic acids is 2. The molecule has 0 aliphatic carbocycles. The number of nitriles is 1. The lowest BCUT2D eigenvalue weighted by Gasteiger charge is -2.24. The average Bonchev–Trinajstić information content (AvgIpc) is 2.97. The second-order valence-corrected chi connectivity index (χ2v) is 10.5. The summed E-state index contributed by atoms with van der Waals surface area (Å²) in [5, 5.41) is 12.9. The number of cyclic esters (lactones) is 1. The van der Waals surface area contributed by atoms with Gasteiger partial charge in [-0.1, -0.05) is 72.8 Å². The highest BCUT2D eigenvalue weighted by molar-refractivity contribution is 5.96. The minimum Gasteiger partial charge on any atom is -0.459 e. The summed E-state index contributed by atoms with van der Waals surface area (Å²) in [5.74, 6) is -0.773. The fraction of sp³-hybridized carbons (Fsp3) is 0.206. The lowest BCUT2D eigenvalue weighted by atomic mass is 9.91. The maximum absolute atomic E-state index is 13.7. The third-order valence-electron chi connectivity index (χ3n) is 7.24. The van der Waals surface area contributed by atoms with Crippen molar-refractivity contribution in [3.8, 4) is 17.2 Å². The van der Waals surface area contributed by atoms with Crippen molar-refractivity contribution in [3.05, 3.63) is 130 Å². The lowest BCUT2D eigenvalue weighted by Crippen LogP contribution is -2.48. The molecule has 1 heterocycles. The van der Waals surface area contributed by atoms with Gasteiger partial charge >= 0.3 is 5.97 Å². The quantitative estimate of drug-likeness (QED) is 0.327. The molecule has 1 aliphatic heterocycles. The van der Waals surface area contributed by atoms with Crippen molar-refractivity contribution in [1.82, 2.24) is 5.32 Å². The predicted molar refractivity (Wildman–Crippen MR) is 154 cm³/mol. The first-order valence-corrected chi connectivity index (χ1v) is 13.4. The number of fused-ring (bicyclic) bond motifs is 4. The Labute approximate surface area is 234 Å². The monoisotopic (exact) mass is 529 g/mol. The Kier molecular flexibility index (Phi) is 7.77. The van der Waals surface area contributed by atoms with E-state index in [1.165, 1.54) is 0 Å². The number of hydrogen-bond acceptors (Lipinski definition) is 5. The van der Waals surface area contributed by atoms with E-state index in [0.717, 1.165) is 23.1 Å². The van der Waals surface area contributed by atoms with Gasteiger partial charge in [0.05, 0.1) is 17.7 Å². The minimum atomic E-state index is -1.23. The molecule has 4 bridgehead atoms. The molecule has 4 aromatic rings. The molecule has 4 aromatic carbocycles. The zero-order valence-corrected chi connectivity index (χ0v) is 22.4. The van der Waals surface area contributed by atoms with Gasteiger partial charge in [0.2, 0.25) is 0 Å². The fourth-order valence-electron chi connectivity index (χ4n) is 5.16. The first-order chi connectivity index (χ1) is 19.3. The molecule has 6 nitrogen and oxygen atoms in total. The number of amides is 1. The largest absolute Gasteiger partial charge is 0.459 e. The van der Waals surface area contributed by atoms with E-state index in [1.54, 1.807) is 31.2 Å². The van der Waals surface area contributed by atoms with Crippen molar-refractivity contribution in [2.75, 3.05) is 0 Å². The van der Waals surface area contributed by atoms with Crippen molar-refractivity contribution in [2.24, 2.45) is 5.73 Å². The maximum Gasteiger partial charge on any atom is 0.326 e. The minimum absolute atomic E-state index is 0.0589. The van der Waals surface area contributed by atoms with Crippen molar-refractivity contribution in [2.45, 2.75) is 44.4 Å². The molecular weight excluding hydrogens is 498 g/mol. The lowest BCUT2D eigenvalue weighted by molar-refractivity contribution is -0.150. The van der Waals surface area contributed by atoms with Gasteiger partial charge in [-0.25, -0.2) is 0 Å². The number of nitrogens with one attached hydrogen (secondary N) is 1. The van der Waals surface area contributed by atoms with Gasteiger partial charge in [-0.2, -0.15) is 5.26 Å². The van der Waals surface area contributed by atoms with Gasteiger partial charge in [0, 0.05) is 12.0 Å². The van der Waals surface area contributed by atoms with Crippen LogP contribution >= 0.6 is 0 Å². The van der Waals surface area contributed by atoms with Crippen LogP contribution in [-0.2, 0) is 29.0 Å². The third kappa shape index (κ3) is 6.12. The number of carbonyl (C=O) groups is 2. The highest BCUT2D eigenvalue weighted by Crippen LogP contribution is 2.28. The van der Waals surface area contributed by atoms with Gasteiger partial charge in [0.25, 0.3) is 5.91 Å². The van der Waals surface area contributed by atoms with Crippen LogP contribution in [0.25, 0.3) is 11.1 Å². The first kappa shape index (κ1) is 26.9. The molecule has 0 spiro atoms. The van der Waals surface area contributed by atoms with E-state index >= 15 is 0 Å². The smallest absolute Gasteiger partial charge is 0.326 e. The summed E-state index contributed by atoms with van der Waals surface area (Å²) in [7, 11) is 0. The Hall–Kier alpha value is -4.73. The Morgan fingerprint density at radius 1 is 0.875 bits per heavy atom. The highest BCUT2D eigenvalue weighted by Gasteiger charge is 2.31. The summed E-state index contributed by atoms with van der Waals surface area (Å²) in [4.78, 5) is 26.8. The van der Waals surface area contributed by atoms with E-state index in [2.05, 4.69) is 17.5 Å². The fourth-order valence-corrected chi connectivity index (χ4v) is 5.16. The summed E-state index contributed by atoms with van der Waals surface area (Å²) >= 11 is 0. The maximum atomic E-state index is 13.7. The van der Waals surface area contributed by atoms with Gasteiger partial charge in [0.1, 0.15) is 12.1 Å². The van der Waals surface area contributed by atoms with E-state index in [-0.39, 0.29) is 18.6 Å². The van der Waals surface area contributed by atoms with Crippen molar-refractivity contribution < 1.29 is 14.3 Å². The number of hydrogen-bond donors (Lipinski definition) is 2. The Balaban J connectivity index is 1.58. The van der Waals surface area contributed by atoms with Crippen LogP contribution in [0.1, 0.15) is 57.6 Å². The van der Waals surface area contributed by atoms with Crippen LogP contribution in [0.4, 0.5) is 0 Å². The van der Waals surface area contributed by atoms with Gasteiger partial charge < -0.3 is 15.8 Å². The molecular formula is C34H31N3O3. The van der Waals surface area contributed by atoms with Crippen LogP contribution in [-0.4, -0.2) is 17.4 Å². The number of nitrogens with two attached hydrogens (primary N) is 1. The molecule has 6 heteroatoms. The SMILES string of the molecule is C[C@@]1(N)Cc2cccc(c2)CC[C@H](c2ccccc2)NC(=O)c2cc(cc(-c3ccccc3C#N)c2)COC1=O. The first-order valence-electron chi connectivity index (χ1n) is 13.4. The van der Waals surface area contributed by atoms with E-state index in [9.17, 15) is 14.9 Å². The van der Waals surface area contributed by atoms with Crippen molar-refractivity contribution >= 4 is 11.9 Å². The molecule has 40 heavy (non-hydrogen) atoms. The molecule has 3 N–H and O–H groups in total. The van der Waals surface area contributed by atoms with E-state index in [0.29, 0.717) is 40.7 Å². The van der Waals surface area contributed by atoms with Gasteiger partial charge in [-0.15, -0.1) is 0 Å². The summed E-state index contributed by atoms with van der Waals surface area (Å²) in [5.41, 5.74) is 11.2. The molecule has 1 amide bonds. The Bertz CT molecular complexity index is 1590.